The molecule has 0 fully saturated rings. The summed E-state index contributed by atoms with van der Waals surface area (Å²) in [4.78, 5) is 0. The van der Waals surface area contributed by atoms with Crippen molar-refractivity contribution in [3.8, 4) is 0 Å². The first-order valence-electron chi connectivity index (χ1n) is 7.48. The van der Waals surface area contributed by atoms with Gasteiger partial charge in [-0.25, -0.2) is 0 Å². The number of nitrogens with one attached hydrogen (secondary N) is 2. The number of rotatable bonds is 8. The third-order valence-corrected chi connectivity index (χ3v) is 3.57. The molecule has 22 heavy (non-hydrogen) atoms. The summed E-state index contributed by atoms with van der Waals surface area (Å²) >= 11 is 0. The Kier molecular flexibility index (Phi) is 6.21. The van der Waals surface area contributed by atoms with Crippen molar-refractivity contribution in [1.82, 2.24) is 10.6 Å². The predicted molar refractivity (Wildman–Crippen MR) is 91.1 cm³/mol. The molecule has 2 aromatic rings. The number of anilines is 2. The second-order valence-corrected chi connectivity index (χ2v) is 5.21. The molecule has 0 spiro atoms. The minimum Gasteiger partial charge on any atom is -0.399 e. The Hall–Kier alpha value is -2.08. The Morgan fingerprint density at radius 2 is 1.18 bits per heavy atom. The van der Waals surface area contributed by atoms with Crippen LogP contribution in [-0.2, 0) is 12.8 Å². The summed E-state index contributed by atoms with van der Waals surface area (Å²) in [7, 11) is 0. The number of hydrogen-bond acceptors (Lipinski definition) is 5. The Balaban J connectivity index is 1.65. The van der Waals surface area contributed by atoms with Gasteiger partial charge in [-0.3, -0.25) is 10.6 Å². The Morgan fingerprint density at radius 1 is 0.773 bits per heavy atom. The van der Waals surface area contributed by atoms with Crippen LogP contribution in [0.1, 0.15) is 11.1 Å². The van der Waals surface area contributed by atoms with Crippen LogP contribution in [0, 0.1) is 0 Å². The minimum absolute atomic E-state index is 0.649. The number of para-hydroxylation sites is 2. The summed E-state index contributed by atoms with van der Waals surface area (Å²) in [6.07, 6.45) is 0.809. The van der Waals surface area contributed by atoms with E-state index in [1.54, 1.807) is 0 Å². The highest BCUT2D eigenvalue weighted by Gasteiger charge is 2.04. The molecule has 0 bridgehead atoms. The molecule has 0 amide bonds. The molecule has 0 atom stereocenters. The summed E-state index contributed by atoms with van der Waals surface area (Å²) in [5, 5.41) is 15.9. The first-order valence-corrected chi connectivity index (χ1v) is 7.48. The van der Waals surface area contributed by atoms with Crippen molar-refractivity contribution in [2.75, 3.05) is 24.6 Å². The van der Waals surface area contributed by atoms with Gasteiger partial charge in [0.05, 0.1) is 0 Å². The van der Waals surface area contributed by atoms with Crippen LogP contribution in [0.15, 0.2) is 48.5 Å². The fourth-order valence-corrected chi connectivity index (χ4v) is 2.28. The normalized spacial score (nSPS) is 11.0. The Bertz CT molecular complexity index is 537. The lowest BCUT2D eigenvalue weighted by atomic mass is 10.1. The van der Waals surface area contributed by atoms with Gasteiger partial charge >= 0.3 is 0 Å². The summed E-state index contributed by atoms with van der Waals surface area (Å²) in [5.41, 5.74) is 15.5. The maximum absolute atomic E-state index is 9.86. The van der Waals surface area contributed by atoms with Crippen LogP contribution in [0.25, 0.3) is 0 Å². The van der Waals surface area contributed by atoms with E-state index in [4.69, 9.17) is 11.5 Å². The smallest absolute Gasteiger partial charge is 0.160 e. The van der Waals surface area contributed by atoms with E-state index >= 15 is 0 Å². The molecule has 0 heterocycles. The standard InChI is InChI=1S/C17H24N4O/c18-15-7-3-1-5-13(15)9-11-20-17(22)21-12-10-14-6-2-4-8-16(14)19/h1-8,17,20-22H,9-12,18-19H2. The summed E-state index contributed by atoms with van der Waals surface area (Å²) in [6.45, 7) is 1.30. The molecule has 7 N–H and O–H groups in total. The van der Waals surface area contributed by atoms with Gasteiger partial charge in [0.25, 0.3) is 0 Å². The SMILES string of the molecule is Nc1ccccc1CCNC(O)NCCc1ccccc1N. The molecular formula is C17H24N4O. The minimum atomic E-state index is -0.741. The zero-order chi connectivity index (χ0) is 15.8. The van der Waals surface area contributed by atoms with Crippen molar-refractivity contribution in [1.29, 1.82) is 0 Å². The van der Waals surface area contributed by atoms with E-state index in [1.165, 1.54) is 0 Å². The molecule has 0 saturated heterocycles. The lowest BCUT2D eigenvalue weighted by molar-refractivity contribution is 0.103. The Morgan fingerprint density at radius 3 is 1.59 bits per heavy atom. The van der Waals surface area contributed by atoms with Crippen LogP contribution in [0.4, 0.5) is 11.4 Å². The van der Waals surface area contributed by atoms with Gasteiger partial charge in [-0.2, -0.15) is 0 Å². The van der Waals surface area contributed by atoms with Crippen molar-refractivity contribution in [3.05, 3.63) is 59.7 Å². The second-order valence-electron chi connectivity index (χ2n) is 5.21. The quantitative estimate of drug-likeness (QED) is 0.371. The Labute approximate surface area is 131 Å². The first kappa shape index (κ1) is 16.3. The molecule has 2 rings (SSSR count). The van der Waals surface area contributed by atoms with E-state index in [0.717, 1.165) is 35.3 Å². The summed E-state index contributed by atoms with van der Waals surface area (Å²) < 4.78 is 0. The molecule has 5 heteroatoms. The molecule has 2 aromatic carbocycles. The van der Waals surface area contributed by atoms with Gasteiger partial charge in [-0.1, -0.05) is 36.4 Å². The van der Waals surface area contributed by atoms with Gasteiger partial charge in [0.1, 0.15) is 0 Å². The number of aliphatic hydroxyl groups excluding tert-OH is 1. The van der Waals surface area contributed by atoms with Gasteiger partial charge < -0.3 is 16.6 Å². The van der Waals surface area contributed by atoms with Gasteiger partial charge in [-0.05, 0) is 36.1 Å². The highest BCUT2D eigenvalue weighted by Crippen LogP contribution is 2.11. The first-order chi connectivity index (χ1) is 10.7. The fourth-order valence-electron chi connectivity index (χ4n) is 2.28. The van der Waals surface area contributed by atoms with E-state index in [9.17, 15) is 5.11 Å². The van der Waals surface area contributed by atoms with Gasteiger partial charge in [0.15, 0.2) is 6.35 Å². The zero-order valence-corrected chi connectivity index (χ0v) is 12.6. The third kappa shape index (κ3) is 5.04. The van der Waals surface area contributed by atoms with Gasteiger partial charge in [0.2, 0.25) is 0 Å². The molecule has 118 valence electrons. The molecule has 0 aromatic heterocycles. The number of nitrogen functional groups attached to an aromatic ring is 2. The number of aliphatic hydroxyl groups is 1. The van der Waals surface area contributed by atoms with Crippen LogP contribution >= 0.6 is 0 Å². The topological polar surface area (TPSA) is 96.3 Å². The molecule has 0 aliphatic heterocycles. The van der Waals surface area contributed by atoms with Crippen molar-refractivity contribution >= 4 is 11.4 Å². The van der Waals surface area contributed by atoms with Crippen LogP contribution in [0.2, 0.25) is 0 Å². The van der Waals surface area contributed by atoms with Gasteiger partial charge in [-0.15, -0.1) is 0 Å². The maximum atomic E-state index is 9.86. The highest BCUT2D eigenvalue weighted by atomic mass is 16.3. The van der Waals surface area contributed by atoms with Crippen LogP contribution in [-0.4, -0.2) is 24.5 Å². The van der Waals surface area contributed by atoms with Crippen LogP contribution < -0.4 is 22.1 Å². The lowest BCUT2D eigenvalue weighted by Gasteiger charge is -2.15. The average Bonchev–Trinajstić information content (AvgIpc) is 2.51. The van der Waals surface area contributed by atoms with Crippen molar-refractivity contribution < 1.29 is 5.11 Å². The lowest BCUT2D eigenvalue weighted by Crippen LogP contribution is -2.43. The molecule has 0 unspecified atom stereocenters. The van der Waals surface area contributed by atoms with Crippen molar-refractivity contribution in [2.45, 2.75) is 19.2 Å². The second kappa shape index (κ2) is 8.38. The number of benzene rings is 2. The van der Waals surface area contributed by atoms with Crippen molar-refractivity contribution in [3.63, 3.8) is 0 Å². The van der Waals surface area contributed by atoms with E-state index in [-0.39, 0.29) is 0 Å². The summed E-state index contributed by atoms with van der Waals surface area (Å²) in [5.74, 6) is 0. The molecule has 0 radical (unpaired) electrons. The molecule has 5 nitrogen and oxygen atoms in total. The molecule has 0 aliphatic carbocycles. The number of hydrogen-bond donors (Lipinski definition) is 5. The molecule has 0 saturated carbocycles. The molecular weight excluding hydrogens is 276 g/mol. The van der Waals surface area contributed by atoms with Crippen LogP contribution in [0.3, 0.4) is 0 Å². The van der Waals surface area contributed by atoms with Crippen molar-refractivity contribution in [2.24, 2.45) is 0 Å². The average molecular weight is 300 g/mol. The van der Waals surface area contributed by atoms with E-state index in [1.807, 2.05) is 48.5 Å². The fraction of sp³-hybridized carbons (Fsp3) is 0.294. The van der Waals surface area contributed by atoms with E-state index in [2.05, 4.69) is 10.6 Å². The van der Waals surface area contributed by atoms with Gasteiger partial charge in [0, 0.05) is 24.5 Å². The largest absolute Gasteiger partial charge is 0.399 e. The third-order valence-electron chi connectivity index (χ3n) is 3.57. The maximum Gasteiger partial charge on any atom is 0.160 e. The van der Waals surface area contributed by atoms with E-state index in [0.29, 0.717) is 13.1 Å². The highest BCUT2D eigenvalue weighted by molar-refractivity contribution is 5.47. The summed E-state index contributed by atoms with van der Waals surface area (Å²) in [6, 6.07) is 15.5. The van der Waals surface area contributed by atoms with E-state index < -0.39 is 6.35 Å². The number of nitrogens with two attached hydrogens (primary N) is 2. The monoisotopic (exact) mass is 300 g/mol. The predicted octanol–water partition coefficient (Wildman–Crippen LogP) is 1.09. The van der Waals surface area contributed by atoms with Crippen LogP contribution in [0.5, 0.6) is 0 Å². The molecule has 0 aliphatic rings. The zero-order valence-electron chi connectivity index (χ0n) is 12.6.